The average Bonchev–Trinajstić information content (AvgIpc) is 2.25. The predicted molar refractivity (Wildman–Crippen MR) is 51.6 cm³/mol. The second kappa shape index (κ2) is 2.78. The van der Waals surface area contributed by atoms with Crippen molar-refractivity contribution < 1.29 is 9.59 Å². The van der Waals surface area contributed by atoms with Crippen LogP contribution in [0, 0.1) is 23.7 Å². The van der Waals surface area contributed by atoms with Gasteiger partial charge in [-0.25, -0.2) is 0 Å². The van der Waals surface area contributed by atoms with Gasteiger partial charge in [-0.05, 0) is 49.7 Å². The van der Waals surface area contributed by atoms with Crippen LogP contribution >= 0.6 is 0 Å². The zero-order valence-corrected chi connectivity index (χ0v) is 8.11. The van der Waals surface area contributed by atoms with Crippen LogP contribution in [-0.4, -0.2) is 11.6 Å². The maximum Gasteiger partial charge on any atom is 0.159 e. The summed E-state index contributed by atoms with van der Waals surface area (Å²) in [5.74, 6) is 1.55. The highest BCUT2D eigenvalue weighted by molar-refractivity contribution is 6.07. The normalized spacial score (nSPS) is 45.4. The first-order chi connectivity index (χ1) is 6.77. The van der Waals surface area contributed by atoms with E-state index in [1.54, 1.807) is 0 Å². The Morgan fingerprint density at radius 2 is 1.14 bits per heavy atom. The molecular weight excluding hydrogens is 176 g/mol. The molecule has 3 saturated carbocycles. The van der Waals surface area contributed by atoms with E-state index >= 15 is 0 Å². The van der Waals surface area contributed by atoms with Crippen molar-refractivity contribution in [3.8, 4) is 0 Å². The van der Waals surface area contributed by atoms with E-state index in [-0.39, 0.29) is 23.4 Å². The van der Waals surface area contributed by atoms with Crippen LogP contribution < -0.4 is 0 Å². The highest BCUT2D eigenvalue weighted by Crippen LogP contribution is 2.50. The Kier molecular flexibility index (Phi) is 1.67. The lowest BCUT2D eigenvalue weighted by molar-refractivity contribution is -0.139. The highest BCUT2D eigenvalue weighted by atomic mass is 16.1. The van der Waals surface area contributed by atoms with Gasteiger partial charge in [0.25, 0.3) is 0 Å². The molecule has 3 fully saturated rings. The third kappa shape index (κ3) is 0.969. The van der Waals surface area contributed by atoms with Crippen LogP contribution in [0.25, 0.3) is 0 Å². The molecule has 0 saturated heterocycles. The van der Waals surface area contributed by atoms with Crippen LogP contribution in [0.3, 0.4) is 0 Å². The number of allylic oxidation sites excluding steroid dienone is 2. The molecule has 74 valence electrons. The fraction of sp³-hybridized carbons (Fsp3) is 0.667. The van der Waals surface area contributed by atoms with Gasteiger partial charge in [-0.3, -0.25) is 9.59 Å². The summed E-state index contributed by atoms with van der Waals surface area (Å²) in [6, 6.07) is 0. The first-order valence-electron chi connectivity index (χ1n) is 5.53. The second-order valence-electron chi connectivity index (χ2n) is 4.86. The van der Waals surface area contributed by atoms with E-state index in [9.17, 15) is 9.59 Å². The minimum atomic E-state index is 0.0556. The molecule has 0 aromatic heterocycles. The van der Waals surface area contributed by atoms with Crippen molar-refractivity contribution in [2.24, 2.45) is 23.7 Å². The minimum absolute atomic E-state index is 0.0556. The van der Waals surface area contributed by atoms with Crippen molar-refractivity contribution in [2.45, 2.75) is 25.7 Å². The van der Waals surface area contributed by atoms with Crippen molar-refractivity contribution in [1.29, 1.82) is 0 Å². The predicted octanol–water partition coefficient (Wildman–Crippen LogP) is 1.75. The van der Waals surface area contributed by atoms with Gasteiger partial charge in [-0.2, -0.15) is 0 Å². The minimum Gasteiger partial charge on any atom is -0.295 e. The summed E-state index contributed by atoms with van der Waals surface area (Å²) in [5.41, 5.74) is 0. The summed E-state index contributed by atoms with van der Waals surface area (Å²) in [7, 11) is 0. The smallest absolute Gasteiger partial charge is 0.159 e. The number of carbonyl (C=O) groups is 2. The molecule has 0 radical (unpaired) electrons. The molecule has 4 aliphatic rings. The number of fused-ring (bicyclic) bond motifs is 2. The second-order valence-corrected chi connectivity index (χ2v) is 4.86. The maximum atomic E-state index is 11.7. The molecule has 2 heteroatoms. The van der Waals surface area contributed by atoms with Crippen LogP contribution in [0.2, 0.25) is 0 Å². The highest BCUT2D eigenvalue weighted by Gasteiger charge is 2.49. The molecule has 0 aromatic rings. The lowest BCUT2D eigenvalue weighted by Gasteiger charge is -2.47. The van der Waals surface area contributed by atoms with E-state index in [1.165, 1.54) is 37.8 Å². The first kappa shape index (κ1) is 8.39. The van der Waals surface area contributed by atoms with Crippen molar-refractivity contribution in [1.82, 2.24) is 0 Å². The van der Waals surface area contributed by atoms with E-state index in [4.69, 9.17) is 0 Å². The molecule has 0 heterocycles. The number of carbonyl (C=O) groups excluding carboxylic acids is 2. The fourth-order valence-electron chi connectivity index (χ4n) is 3.65. The maximum absolute atomic E-state index is 11.7. The summed E-state index contributed by atoms with van der Waals surface area (Å²) in [6.07, 6.45) is 7.67. The van der Waals surface area contributed by atoms with Crippen molar-refractivity contribution in [2.75, 3.05) is 0 Å². The van der Waals surface area contributed by atoms with Gasteiger partial charge in [0.05, 0.1) is 0 Å². The molecule has 0 N–H and O–H groups in total. The monoisotopic (exact) mass is 190 g/mol. The van der Waals surface area contributed by atoms with Crippen LogP contribution in [0.5, 0.6) is 0 Å². The van der Waals surface area contributed by atoms with Crippen LogP contribution in [0.15, 0.2) is 12.2 Å². The third-order valence-electron chi connectivity index (χ3n) is 4.29. The van der Waals surface area contributed by atoms with E-state index in [2.05, 4.69) is 0 Å². The van der Waals surface area contributed by atoms with Crippen molar-refractivity contribution >= 4 is 11.6 Å². The number of hydrogen-bond acceptors (Lipinski definition) is 2. The summed E-state index contributed by atoms with van der Waals surface area (Å²) >= 11 is 0. The molecule has 4 aliphatic carbocycles. The zero-order valence-electron chi connectivity index (χ0n) is 8.11. The largest absolute Gasteiger partial charge is 0.295 e. The molecule has 0 spiro atoms. The van der Waals surface area contributed by atoms with Gasteiger partial charge in [0.2, 0.25) is 0 Å². The van der Waals surface area contributed by atoms with Gasteiger partial charge < -0.3 is 0 Å². The molecule has 0 amide bonds. The summed E-state index contributed by atoms with van der Waals surface area (Å²) in [5, 5.41) is 0. The molecular formula is C12H14O2. The molecule has 14 heavy (non-hydrogen) atoms. The number of hydrogen-bond donors (Lipinski definition) is 0. The first-order valence-corrected chi connectivity index (χ1v) is 5.53. The fourth-order valence-corrected chi connectivity index (χ4v) is 3.65. The SMILES string of the molecule is O=C1C=CC(=O)C2C3CCC(CC3)C12. The molecule has 0 aliphatic heterocycles. The topological polar surface area (TPSA) is 34.1 Å². The van der Waals surface area contributed by atoms with E-state index in [1.807, 2.05) is 0 Å². The molecule has 0 aromatic carbocycles. The van der Waals surface area contributed by atoms with Crippen LogP contribution in [0.4, 0.5) is 0 Å². The third-order valence-corrected chi connectivity index (χ3v) is 4.29. The van der Waals surface area contributed by atoms with Gasteiger partial charge in [0.15, 0.2) is 11.6 Å². The number of rotatable bonds is 0. The number of ketones is 2. The van der Waals surface area contributed by atoms with Gasteiger partial charge in [-0.1, -0.05) is 0 Å². The van der Waals surface area contributed by atoms with Crippen LogP contribution in [-0.2, 0) is 9.59 Å². The van der Waals surface area contributed by atoms with Crippen molar-refractivity contribution in [3.63, 3.8) is 0 Å². The van der Waals surface area contributed by atoms with Crippen LogP contribution in [0.1, 0.15) is 25.7 Å². The Balaban J connectivity index is 2.03. The van der Waals surface area contributed by atoms with E-state index in [0.29, 0.717) is 11.8 Å². The van der Waals surface area contributed by atoms with Gasteiger partial charge in [0, 0.05) is 11.8 Å². The van der Waals surface area contributed by atoms with Gasteiger partial charge >= 0.3 is 0 Å². The Morgan fingerprint density at radius 1 is 0.786 bits per heavy atom. The molecule has 4 rings (SSSR count). The van der Waals surface area contributed by atoms with Crippen molar-refractivity contribution in [3.05, 3.63) is 12.2 Å². The lowest BCUT2D eigenvalue weighted by atomic mass is 9.55. The summed E-state index contributed by atoms with van der Waals surface area (Å²) < 4.78 is 0. The van der Waals surface area contributed by atoms with E-state index in [0.717, 1.165) is 0 Å². The average molecular weight is 190 g/mol. The van der Waals surface area contributed by atoms with Gasteiger partial charge in [-0.15, -0.1) is 0 Å². The molecule has 2 atom stereocenters. The Bertz CT molecular complexity index is 289. The standard InChI is InChI=1S/C12H14O2/c13-9-5-6-10(14)12-8-2-1-7(3-4-8)11(9)12/h5-8,11-12H,1-4H2. The molecule has 2 nitrogen and oxygen atoms in total. The van der Waals surface area contributed by atoms with Gasteiger partial charge in [0.1, 0.15) is 0 Å². The molecule has 2 unspecified atom stereocenters. The lowest BCUT2D eigenvalue weighted by Crippen LogP contribution is -2.48. The Morgan fingerprint density at radius 3 is 1.50 bits per heavy atom. The van der Waals surface area contributed by atoms with E-state index < -0.39 is 0 Å². The zero-order chi connectivity index (χ0) is 9.71. The summed E-state index contributed by atoms with van der Waals surface area (Å²) in [4.78, 5) is 23.4. The quantitative estimate of drug-likeness (QED) is 0.583. The molecule has 2 bridgehead atoms. The Labute approximate surface area is 83.4 Å². The summed E-state index contributed by atoms with van der Waals surface area (Å²) in [6.45, 7) is 0. The Hall–Kier alpha value is -0.920.